The highest BCUT2D eigenvalue weighted by atomic mass is 35.5. The number of halogens is 1. The summed E-state index contributed by atoms with van der Waals surface area (Å²) >= 11 is 5.89. The molecule has 0 aromatic heterocycles. The van der Waals surface area contributed by atoms with Crippen LogP contribution >= 0.6 is 11.6 Å². The standard InChI is InChI=1S/C18H13ClN3O4/c19-13-4-1-11(2-5-13)17-16(10-20)21(23)15-9-12(18-25-7-8-26-18)3-6-14(15)22(17)24/h1-6,9,17-18H,7-8H2/q-1. The van der Waals surface area contributed by atoms with Crippen molar-refractivity contribution < 1.29 is 14.2 Å². The number of fused-ring (bicyclic) bond motifs is 1. The van der Waals surface area contributed by atoms with E-state index < -0.39 is 12.3 Å². The van der Waals surface area contributed by atoms with Gasteiger partial charge in [0, 0.05) is 16.7 Å². The first-order valence-electron chi connectivity index (χ1n) is 7.93. The van der Waals surface area contributed by atoms with E-state index in [0.29, 0.717) is 39.2 Å². The number of benzene rings is 2. The molecule has 2 aromatic carbocycles. The van der Waals surface area contributed by atoms with Gasteiger partial charge in [-0.15, -0.1) is 0 Å². The molecule has 1 unspecified atom stereocenters. The Morgan fingerprint density at radius 1 is 1.12 bits per heavy atom. The van der Waals surface area contributed by atoms with Crippen molar-refractivity contribution >= 4 is 28.7 Å². The Labute approximate surface area is 154 Å². The van der Waals surface area contributed by atoms with Gasteiger partial charge in [0.25, 0.3) is 5.71 Å². The topological polar surface area (TPSA) is 94.6 Å². The van der Waals surface area contributed by atoms with Crippen molar-refractivity contribution in [1.82, 2.24) is 0 Å². The maximum Gasteiger partial charge on any atom is 0.297 e. The molecule has 0 spiro atoms. The fourth-order valence-corrected chi connectivity index (χ4v) is 3.25. The van der Waals surface area contributed by atoms with Crippen LogP contribution in [0.5, 0.6) is 0 Å². The molecule has 2 aromatic rings. The van der Waals surface area contributed by atoms with Crippen LogP contribution in [-0.2, 0) is 9.47 Å². The molecule has 132 valence electrons. The van der Waals surface area contributed by atoms with E-state index in [1.54, 1.807) is 36.4 Å². The molecule has 1 atom stereocenters. The number of hydroxylamine groups is 1. The predicted molar refractivity (Wildman–Crippen MR) is 95.0 cm³/mol. The van der Waals surface area contributed by atoms with Crippen LogP contribution in [0, 0.1) is 21.7 Å². The predicted octanol–water partition coefficient (Wildman–Crippen LogP) is 3.55. The Morgan fingerprint density at radius 2 is 1.77 bits per heavy atom. The number of nitrogens with zero attached hydrogens (tertiary/aromatic N) is 3. The molecule has 0 aliphatic carbocycles. The minimum Gasteiger partial charge on any atom is -0.757 e. The molecule has 4 rings (SSSR count). The van der Waals surface area contributed by atoms with E-state index in [4.69, 9.17) is 21.1 Å². The van der Waals surface area contributed by atoms with Gasteiger partial charge < -0.3 is 25.0 Å². The SMILES string of the molecule is N#CC1=[N+]([O-])c2cc(C3OCCO3)ccc2N([O-])C1c1ccc(Cl)cc1. The zero-order chi connectivity index (χ0) is 18.3. The van der Waals surface area contributed by atoms with Gasteiger partial charge in [0.1, 0.15) is 11.7 Å². The highest BCUT2D eigenvalue weighted by Crippen LogP contribution is 2.41. The first-order chi connectivity index (χ1) is 12.6. The van der Waals surface area contributed by atoms with Crippen LogP contribution in [0.3, 0.4) is 0 Å². The summed E-state index contributed by atoms with van der Waals surface area (Å²) in [7, 11) is 0. The Balaban J connectivity index is 1.81. The molecule has 2 heterocycles. The summed E-state index contributed by atoms with van der Waals surface area (Å²) in [4.78, 5) is 0. The second-order valence-electron chi connectivity index (χ2n) is 5.89. The third-order valence-corrected chi connectivity index (χ3v) is 4.61. The van der Waals surface area contributed by atoms with Gasteiger partial charge in [-0.2, -0.15) is 10.0 Å². The molecule has 0 N–H and O–H groups in total. The second kappa shape index (κ2) is 6.59. The van der Waals surface area contributed by atoms with E-state index in [0.717, 1.165) is 0 Å². The lowest BCUT2D eigenvalue weighted by Crippen LogP contribution is -2.36. The molecule has 26 heavy (non-hydrogen) atoms. The van der Waals surface area contributed by atoms with E-state index in [2.05, 4.69) is 0 Å². The Morgan fingerprint density at radius 3 is 2.42 bits per heavy atom. The summed E-state index contributed by atoms with van der Waals surface area (Å²) in [5, 5.41) is 36.4. The van der Waals surface area contributed by atoms with Gasteiger partial charge in [-0.05, 0) is 23.8 Å². The van der Waals surface area contributed by atoms with E-state index >= 15 is 0 Å². The lowest BCUT2D eigenvalue weighted by molar-refractivity contribution is -0.362. The summed E-state index contributed by atoms with van der Waals surface area (Å²) in [5.74, 6) is 0. The molecule has 2 aliphatic rings. The number of anilines is 1. The average Bonchev–Trinajstić information content (AvgIpc) is 3.20. The maximum absolute atomic E-state index is 12.9. The molecular weight excluding hydrogens is 358 g/mol. The normalized spacial score (nSPS) is 20.2. The molecular formula is C18H13ClN3O4-. The van der Waals surface area contributed by atoms with Gasteiger partial charge >= 0.3 is 0 Å². The van der Waals surface area contributed by atoms with Crippen molar-refractivity contribution in [3.05, 3.63) is 69.0 Å². The van der Waals surface area contributed by atoms with Crippen molar-refractivity contribution in [2.75, 3.05) is 18.3 Å². The molecule has 0 bridgehead atoms. The van der Waals surface area contributed by atoms with Crippen molar-refractivity contribution in [1.29, 1.82) is 5.26 Å². The third kappa shape index (κ3) is 2.69. The average molecular weight is 371 g/mol. The fraction of sp³-hybridized carbons (Fsp3) is 0.222. The molecule has 0 radical (unpaired) electrons. The van der Waals surface area contributed by atoms with Crippen LogP contribution < -0.4 is 5.06 Å². The van der Waals surface area contributed by atoms with Crippen LogP contribution in [0.4, 0.5) is 11.4 Å². The van der Waals surface area contributed by atoms with Gasteiger partial charge in [0.15, 0.2) is 12.4 Å². The third-order valence-electron chi connectivity index (χ3n) is 4.36. The molecule has 1 saturated heterocycles. The summed E-state index contributed by atoms with van der Waals surface area (Å²) in [6, 6.07) is 12.1. The number of rotatable bonds is 2. The molecule has 7 nitrogen and oxygen atoms in total. The Bertz CT molecular complexity index is 917. The number of hydrogen-bond donors (Lipinski definition) is 0. The van der Waals surface area contributed by atoms with Gasteiger partial charge in [-0.1, -0.05) is 29.8 Å². The van der Waals surface area contributed by atoms with Gasteiger partial charge in [0.2, 0.25) is 5.69 Å². The molecule has 0 saturated carbocycles. The summed E-state index contributed by atoms with van der Waals surface area (Å²) in [5.41, 5.74) is 1.20. The second-order valence-corrected chi connectivity index (χ2v) is 6.33. The number of hydrogen-bond acceptors (Lipinski definition) is 6. The van der Waals surface area contributed by atoms with Crippen molar-refractivity contribution in [2.24, 2.45) is 0 Å². The van der Waals surface area contributed by atoms with Crippen LogP contribution in [0.1, 0.15) is 23.5 Å². The van der Waals surface area contributed by atoms with Crippen molar-refractivity contribution in [2.45, 2.75) is 12.3 Å². The largest absolute Gasteiger partial charge is 0.757 e. The first kappa shape index (κ1) is 16.8. The van der Waals surface area contributed by atoms with E-state index in [-0.39, 0.29) is 17.1 Å². The zero-order valence-corrected chi connectivity index (χ0v) is 14.2. The van der Waals surface area contributed by atoms with Gasteiger partial charge in [-0.25, -0.2) is 0 Å². The van der Waals surface area contributed by atoms with Gasteiger partial charge in [-0.3, -0.25) is 0 Å². The lowest BCUT2D eigenvalue weighted by Gasteiger charge is -2.40. The minimum atomic E-state index is -1.04. The Hall–Kier alpha value is -2.63. The number of ether oxygens (including phenoxy) is 2. The van der Waals surface area contributed by atoms with Gasteiger partial charge in [0.05, 0.1) is 13.2 Å². The summed E-state index contributed by atoms with van der Waals surface area (Å²) in [6.07, 6.45) is -0.576. The van der Waals surface area contributed by atoms with Crippen LogP contribution in [0.2, 0.25) is 5.02 Å². The van der Waals surface area contributed by atoms with E-state index in [1.807, 2.05) is 6.07 Å². The summed E-state index contributed by atoms with van der Waals surface area (Å²) in [6.45, 7) is 0.926. The zero-order valence-electron chi connectivity index (χ0n) is 13.5. The van der Waals surface area contributed by atoms with Crippen LogP contribution in [-0.4, -0.2) is 23.7 Å². The van der Waals surface area contributed by atoms with E-state index in [9.17, 15) is 15.7 Å². The maximum atomic E-state index is 12.9. The highest BCUT2D eigenvalue weighted by molar-refractivity contribution is 6.30. The molecule has 0 amide bonds. The Kier molecular flexibility index (Phi) is 4.26. The highest BCUT2D eigenvalue weighted by Gasteiger charge is 2.36. The lowest BCUT2D eigenvalue weighted by atomic mass is 9.98. The minimum absolute atomic E-state index is 0.0957. The molecule has 1 fully saturated rings. The van der Waals surface area contributed by atoms with Crippen LogP contribution in [0.25, 0.3) is 0 Å². The van der Waals surface area contributed by atoms with Crippen molar-refractivity contribution in [3.8, 4) is 6.07 Å². The smallest absolute Gasteiger partial charge is 0.297 e. The fourth-order valence-electron chi connectivity index (χ4n) is 3.12. The number of nitriles is 1. The first-order valence-corrected chi connectivity index (χ1v) is 8.31. The quantitative estimate of drug-likeness (QED) is 0.592. The van der Waals surface area contributed by atoms with Crippen molar-refractivity contribution in [3.63, 3.8) is 0 Å². The summed E-state index contributed by atoms with van der Waals surface area (Å²) < 4.78 is 11.4. The van der Waals surface area contributed by atoms with E-state index in [1.165, 1.54) is 6.07 Å². The molecule has 8 heteroatoms. The molecule has 2 aliphatic heterocycles. The van der Waals surface area contributed by atoms with Crippen LogP contribution in [0.15, 0.2) is 42.5 Å². The monoisotopic (exact) mass is 370 g/mol.